The van der Waals surface area contributed by atoms with Gasteiger partial charge in [-0.05, 0) is 25.7 Å². The van der Waals surface area contributed by atoms with Crippen LogP contribution in [0.25, 0.3) is 0 Å². The van der Waals surface area contributed by atoms with Crippen LogP contribution in [-0.2, 0) is 4.79 Å². The summed E-state index contributed by atoms with van der Waals surface area (Å²) in [5, 5.41) is 3.12. The second-order valence-corrected chi connectivity index (χ2v) is 5.23. The highest BCUT2D eigenvalue weighted by molar-refractivity contribution is 6.46. The minimum absolute atomic E-state index is 0.0110. The summed E-state index contributed by atoms with van der Waals surface area (Å²) in [7, 11) is 0. The van der Waals surface area contributed by atoms with E-state index in [0.717, 1.165) is 31.2 Å². The van der Waals surface area contributed by atoms with E-state index in [4.69, 9.17) is 4.99 Å². The number of carbonyl (C=O) groups excluding carboxylic acids is 1. The van der Waals surface area contributed by atoms with Crippen molar-refractivity contribution in [2.75, 3.05) is 0 Å². The Morgan fingerprint density at radius 1 is 1.00 bits per heavy atom. The smallest absolute Gasteiger partial charge is 0.272 e. The molecule has 3 rings (SSSR count). The molecule has 1 spiro atoms. The Labute approximate surface area is 107 Å². The molecular formula is C15H18N2O. The van der Waals surface area contributed by atoms with Gasteiger partial charge < -0.3 is 5.32 Å². The van der Waals surface area contributed by atoms with E-state index in [9.17, 15) is 4.79 Å². The maximum atomic E-state index is 12.1. The highest BCUT2D eigenvalue weighted by Crippen LogP contribution is 2.31. The Balaban J connectivity index is 1.93. The fraction of sp³-hybridized carbons (Fsp3) is 0.467. The minimum Gasteiger partial charge on any atom is -0.326 e. The highest BCUT2D eigenvalue weighted by atomic mass is 16.2. The molecule has 0 unspecified atom stereocenters. The van der Waals surface area contributed by atoms with Crippen molar-refractivity contribution in [2.45, 2.75) is 44.2 Å². The van der Waals surface area contributed by atoms with Gasteiger partial charge in [-0.15, -0.1) is 0 Å². The van der Waals surface area contributed by atoms with Gasteiger partial charge in [0.05, 0.1) is 0 Å². The number of amides is 1. The topological polar surface area (TPSA) is 41.5 Å². The first-order chi connectivity index (χ1) is 8.79. The molecule has 0 aromatic heterocycles. The molecule has 18 heavy (non-hydrogen) atoms. The average molecular weight is 242 g/mol. The minimum atomic E-state index is -0.307. The van der Waals surface area contributed by atoms with Gasteiger partial charge in [0, 0.05) is 5.56 Å². The van der Waals surface area contributed by atoms with E-state index in [-0.39, 0.29) is 11.6 Å². The van der Waals surface area contributed by atoms with Crippen LogP contribution in [0.5, 0.6) is 0 Å². The summed E-state index contributed by atoms with van der Waals surface area (Å²) >= 11 is 0. The molecule has 1 amide bonds. The Hall–Kier alpha value is -1.64. The predicted molar refractivity (Wildman–Crippen MR) is 71.6 cm³/mol. The van der Waals surface area contributed by atoms with Crippen molar-refractivity contribution in [1.82, 2.24) is 5.32 Å². The van der Waals surface area contributed by atoms with Gasteiger partial charge in [-0.25, -0.2) is 0 Å². The number of aliphatic imine (C=N–C) groups is 1. The third-order valence-corrected chi connectivity index (χ3v) is 3.87. The van der Waals surface area contributed by atoms with E-state index in [1.54, 1.807) is 0 Å². The maximum Gasteiger partial charge on any atom is 0.272 e. The molecule has 0 atom stereocenters. The molecule has 1 aliphatic heterocycles. The molecule has 3 heteroatoms. The summed E-state index contributed by atoms with van der Waals surface area (Å²) in [5.74, 6) is -0.0110. The zero-order valence-corrected chi connectivity index (χ0v) is 10.5. The standard InChI is InChI=1S/C15H18N2O/c18-14-13(12-8-4-3-5-9-12)16-15(17-14)10-6-1-2-7-11-15/h3-5,8-9H,1-2,6-7,10-11H2,(H,17,18). The number of nitrogens with one attached hydrogen (secondary N) is 1. The number of nitrogens with zero attached hydrogens (tertiary/aromatic N) is 1. The Bertz CT molecular complexity index is 471. The SMILES string of the molecule is O=C1NC2(CCCCCC2)N=C1c1ccccc1. The second kappa shape index (κ2) is 4.56. The van der Waals surface area contributed by atoms with Crippen molar-refractivity contribution in [2.24, 2.45) is 4.99 Å². The zero-order valence-electron chi connectivity index (χ0n) is 10.5. The molecule has 0 saturated heterocycles. The fourth-order valence-corrected chi connectivity index (χ4v) is 2.91. The van der Waals surface area contributed by atoms with Gasteiger partial charge in [-0.1, -0.05) is 43.2 Å². The van der Waals surface area contributed by atoms with Crippen molar-refractivity contribution in [3.8, 4) is 0 Å². The number of hydrogen-bond donors (Lipinski definition) is 1. The van der Waals surface area contributed by atoms with E-state index in [0.29, 0.717) is 5.71 Å². The van der Waals surface area contributed by atoms with Crippen LogP contribution >= 0.6 is 0 Å². The fourth-order valence-electron chi connectivity index (χ4n) is 2.91. The van der Waals surface area contributed by atoms with Gasteiger partial charge in [0.2, 0.25) is 0 Å². The van der Waals surface area contributed by atoms with Crippen LogP contribution in [0, 0.1) is 0 Å². The predicted octanol–water partition coefficient (Wildman–Crippen LogP) is 2.66. The lowest BCUT2D eigenvalue weighted by molar-refractivity contribution is -0.115. The molecule has 1 aliphatic carbocycles. The normalized spacial score (nSPS) is 22.4. The maximum absolute atomic E-state index is 12.1. The third-order valence-electron chi connectivity index (χ3n) is 3.87. The quantitative estimate of drug-likeness (QED) is 0.808. The van der Waals surface area contributed by atoms with Crippen LogP contribution in [0.15, 0.2) is 35.3 Å². The molecule has 0 bridgehead atoms. The molecule has 1 aromatic rings. The molecule has 1 heterocycles. The first-order valence-corrected chi connectivity index (χ1v) is 6.77. The summed E-state index contributed by atoms with van der Waals surface area (Å²) in [6, 6.07) is 9.76. The molecular weight excluding hydrogens is 224 g/mol. The Morgan fingerprint density at radius 3 is 2.33 bits per heavy atom. The summed E-state index contributed by atoms with van der Waals surface area (Å²) in [5.41, 5.74) is 1.23. The first-order valence-electron chi connectivity index (χ1n) is 6.77. The zero-order chi connectivity index (χ0) is 12.4. The number of hydrogen-bond acceptors (Lipinski definition) is 2. The Morgan fingerprint density at radius 2 is 1.67 bits per heavy atom. The van der Waals surface area contributed by atoms with Gasteiger partial charge in [-0.3, -0.25) is 9.79 Å². The second-order valence-electron chi connectivity index (χ2n) is 5.23. The Kier molecular flexibility index (Phi) is 2.90. The van der Waals surface area contributed by atoms with E-state index < -0.39 is 0 Å². The van der Waals surface area contributed by atoms with Gasteiger partial charge in [-0.2, -0.15) is 0 Å². The monoisotopic (exact) mass is 242 g/mol. The van der Waals surface area contributed by atoms with E-state index in [1.807, 2.05) is 30.3 Å². The number of benzene rings is 1. The van der Waals surface area contributed by atoms with Crippen LogP contribution in [0.2, 0.25) is 0 Å². The van der Waals surface area contributed by atoms with Crippen molar-refractivity contribution < 1.29 is 4.79 Å². The molecule has 1 aromatic carbocycles. The van der Waals surface area contributed by atoms with E-state index >= 15 is 0 Å². The third kappa shape index (κ3) is 2.05. The number of carbonyl (C=O) groups is 1. The highest BCUT2D eigenvalue weighted by Gasteiger charge is 2.39. The van der Waals surface area contributed by atoms with Crippen molar-refractivity contribution in [1.29, 1.82) is 0 Å². The molecule has 3 nitrogen and oxygen atoms in total. The largest absolute Gasteiger partial charge is 0.326 e. The average Bonchev–Trinajstić information content (AvgIpc) is 2.58. The molecule has 1 saturated carbocycles. The molecule has 0 radical (unpaired) electrons. The molecule has 1 N–H and O–H groups in total. The molecule has 2 aliphatic rings. The van der Waals surface area contributed by atoms with Crippen LogP contribution in [-0.4, -0.2) is 17.3 Å². The summed E-state index contributed by atoms with van der Waals surface area (Å²) in [6.45, 7) is 0. The van der Waals surface area contributed by atoms with Crippen LogP contribution in [0.4, 0.5) is 0 Å². The first kappa shape index (κ1) is 11.5. The lowest BCUT2D eigenvalue weighted by Gasteiger charge is -2.24. The van der Waals surface area contributed by atoms with E-state index in [2.05, 4.69) is 5.32 Å². The summed E-state index contributed by atoms with van der Waals surface area (Å²) < 4.78 is 0. The van der Waals surface area contributed by atoms with Gasteiger partial charge >= 0.3 is 0 Å². The molecule has 1 fully saturated rings. The van der Waals surface area contributed by atoms with Gasteiger partial charge in [0.25, 0.3) is 5.91 Å². The summed E-state index contributed by atoms with van der Waals surface area (Å²) in [6.07, 6.45) is 6.80. The van der Waals surface area contributed by atoms with Crippen molar-refractivity contribution in [3.05, 3.63) is 35.9 Å². The number of rotatable bonds is 1. The van der Waals surface area contributed by atoms with Crippen molar-refractivity contribution in [3.63, 3.8) is 0 Å². The van der Waals surface area contributed by atoms with E-state index in [1.165, 1.54) is 12.8 Å². The summed E-state index contributed by atoms with van der Waals surface area (Å²) in [4.78, 5) is 16.9. The van der Waals surface area contributed by atoms with Crippen LogP contribution < -0.4 is 5.32 Å². The van der Waals surface area contributed by atoms with Crippen molar-refractivity contribution >= 4 is 11.6 Å². The van der Waals surface area contributed by atoms with Gasteiger partial charge in [0.15, 0.2) is 0 Å². The van der Waals surface area contributed by atoms with Crippen LogP contribution in [0.1, 0.15) is 44.1 Å². The lowest BCUT2D eigenvalue weighted by atomic mass is 10.0. The van der Waals surface area contributed by atoms with Crippen LogP contribution in [0.3, 0.4) is 0 Å². The molecule has 94 valence electrons. The lowest BCUT2D eigenvalue weighted by Crippen LogP contribution is -2.42. The van der Waals surface area contributed by atoms with Gasteiger partial charge in [0.1, 0.15) is 11.4 Å².